The molecule has 0 N–H and O–H groups in total. The number of benzene rings is 1. The first kappa shape index (κ1) is 15.7. The second-order valence-electron chi connectivity index (χ2n) is 6.55. The Morgan fingerprint density at radius 3 is 1.65 bits per heavy atom. The minimum Gasteiger partial charge on any atom is -0.293 e. The zero-order valence-corrected chi connectivity index (χ0v) is 14.7. The fourth-order valence-electron chi connectivity index (χ4n) is 3.50. The van der Waals surface area contributed by atoms with Gasteiger partial charge in [0.05, 0.1) is 0 Å². The van der Waals surface area contributed by atoms with Gasteiger partial charge in [0.1, 0.15) is 0 Å². The third-order valence-electron chi connectivity index (χ3n) is 5.43. The molecule has 2 heteroatoms. The molecule has 1 nitrogen and oxygen atoms in total. The van der Waals surface area contributed by atoms with Crippen molar-refractivity contribution in [2.45, 2.75) is 71.9 Å². The van der Waals surface area contributed by atoms with Gasteiger partial charge in [-0.05, 0) is 75.3 Å². The summed E-state index contributed by atoms with van der Waals surface area (Å²) in [6, 6.07) is 0. The molecule has 20 heavy (non-hydrogen) atoms. The lowest BCUT2D eigenvalue weighted by Gasteiger charge is -2.33. The molecule has 0 spiro atoms. The average Bonchev–Trinajstić information content (AvgIpc) is 2.44. The molecule has 0 radical (unpaired) electrons. The molecule has 1 saturated carbocycles. The van der Waals surface area contributed by atoms with Crippen molar-refractivity contribution >= 4 is 15.0 Å². The largest absolute Gasteiger partial charge is 0.293 e. The zero-order valence-electron chi connectivity index (χ0n) is 13.5. The number of hydrogen-bond acceptors (Lipinski definition) is 1. The van der Waals surface area contributed by atoms with Crippen molar-refractivity contribution in [2.75, 3.05) is 0 Å². The van der Waals surface area contributed by atoms with E-state index in [0.29, 0.717) is 5.78 Å². The summed E-state index contributed by atoms with van der Waals surface area (Å²) in [5.74, 6) is 0.350. The maximum atomic E-state index is 13.2. The number of hydrogen-bond donors (Lipinski definition) is 0. The van der Waals surface area contributed by atoms with Gasteiger partial charge in [-0.25, -0.2) is 0 Å². The fourth-order valence-corrected chi connectivity index (χ4v) is 4.05. The van der Waals surface area contributed by atoms with Crippen LogP contribution in [-0.2, 0) is 0 Å². The van der Waals surface area contributed by atoms with E-state index < -0.39 is 0 Å². The summed E-state index contributed by atoms with van der Waals surface area (Å²) in [6.45, 7) is 10.7. The number of Topliss-reactive ketones (excluding diaryl/α,β-unsaturated/α-hetero) is 1. The van der Waals surface area contributed by atoms with Gasteiger partial charge in [-0.1, -0.05) is 19.3 Å². The van der Waals surface area contributed by atoms with Crippen LogP contribution in [0.5, 0.6) is 0 Å². The van der Waals surface area contributed by atoms with E-state index in [0.717, 1.165) is 18.4 Å². The highest BCUT2D eigenvalue weighted by Crippen LogP contribution is 2.41. The number of carbonyl (C=O) groups is 1. The Morgan fingerprint density at radius 2 is 1.20 bits per heavy atom. The molecule has 1 unspecified atom stereocenters. The maximum absolute atomic E-state index is 13.2. The van der Waals surface area contributed by atoms with Crippen molar-refractivity contribution in [3.8, 4) is 0 Å². The summed E-state index contributed by atoms with van der Waals surface area (Å²) >= 11 is 0. The van der Waals surface area contributed by atoms with Gasteiger partial charge in [-0.3, -0.25) is 4.79 Å². The van der Waals surface area contributed by atoms with E-state index in [1.54, 1.807) is 0 Å². The van der Waals surface area contributed by atoms with Crippen LogP contribution in [0.15, 0.2) is 0 Å². The van der Waals surface area contributed by atoms with Crippen molar-refractivity contribution in [3.63, 3.8) is 0 Å². The summed E-state index contributed by atoms with van der Waals surface area (Å²) in [5, 5.41) is -0.220. The fraction of sp³-hybridized carbons (Fsp3) is 0.611. The Hall–Kier alpha value is -0.680. The zero-order chi connectivity index (χ0) is 15.1. The second kappa shape index (κ2) is 5.60. The average molecular weight is 290 g/mol. The standard InChI is InChI=1S/C18H27OP/c1-11-12(2)14(4)16(15(5)13(11)3)17(19)18(20)9-7-6-8-10-18/h6-10,20H2,1-5H3. The monoisotopic (exact) mass is 290 g/mol. The second-order valence-corrected chi connectivity index (χ2v) is 7.65. The molecule has 1 aliphatic carbocycles. The molecular weight excluding hydrogens is 263 g/mol. The van der Waals surface area contributed by atoms with E-state index in [2.05, 4.69) is 43.9 Å². The maximum Gasteiger partial charge on any atom is 0.173 e. The Morgan fingerprint density at radius 1 is 0.800 bits per heavy atom. The predicted molar refractivity (Wildman–Crippen MR) is 90.0 cm³/mol. The highest BCUT2D eigenvalue weighted by molar-refractivity contribution is 7.21. The Bertz CT molecular complexity index is 522. The molecule has 1 aliphatic rings. The predicted octanol–water partition coefficient (Wildman–Crippen LogP) is 4.99. The van der Waals surface area contributed by atoms with Crippen LogP contribution in [0.2, 0.25) is 0 Å². The molecule has 1 aromatic carbocycles. The van der Waals surface area contributed by atoms with Gasteiger partial charge < -0.3 is 0 Å². The van der Waals surface area contributed by atoms with Crippen LogP contribution in [0.1, 0.15) is 70.3 Å². The number of rotatable bonds is 2. The van der Waals surface area contributed by atoms with Gasteiger partial charge >= 0.3 is 0 Å². The molecule has 2 rings (SSSR count). The molecular formula is C18H27OP. The van der Waals surface area contributed by atoms with Gasteiger partial charge in [0, 0.05) is 10.7 Å². The molecule has 110 valence electrons. The van der Waals surface area contributed by atoms with Gasteiger partial charge in [-0.2, -0.15) is 0 Å². The van der Waals surface area contributed by atoms with Gasteiger partial charge in [-0.15, -0.1) is 9.24 Å². The van der Waals surface area contributed by atoms with Crippen LogP contribution in [0.25, 0.3) is 0 Å². The van der Waals surface area contributed by atoms with Crippen molar-refractivity contribution in [2.24, 2.45) is 0 Å². The van der Waals surface area contributed by atoms with E-state index in [4.69, 9.17) is 0 Å². The first-order valence-electron chi connectivity index (χ1n) is 7.70. The Kier molecular flexibility index (Phi) is 4.40. The van der Waals surface area contributed by atoms with E-state index in [1.807, 2.05) is 0 Å². The van der Waals surface area contributed by atoms with Crippen LogP contribution in [-0.4, -0.2) is 10.9 Å². The van der Waals surface area contributed by atoms with Crippen molar-refractivity contribution in [1.29, 1.82) is 0 Å². The van der Waals surface area contributed by atoms with Gasteiger partial charge in [0.25, 0.3) is 0 Å². The van der Waals surface area contributed by atoms with Crippen LogP contribution >= 0.6 is 9.24 Å². The van der Waals surface area contributed by atoms with Crippen LogP contribution in [0.3, 0.4) is 0 Å². The molecule has 1 fully saturated rings. The Balaban J connectivity index is 2.55. The molecule has 0 aliphatic heterocycles. The third-order valence-corrected chi connectivity index (χ3v) is 6.26. The summed E-state index contributed by atoms with van der Waals surface area (Å²) in [6.07, 6.45) is 5.66. The van der Waals surface area contributed by atoms with E-state index >= 15 is 0 Å². The normalized spacial score (nSPS) is 18.1. The number of carbonyl (C=O) groups excluding carboxylic acids is 1. The SMILES string of the molecule is Cc1c(C)c(C)c(C(=O)C2(P)CCCCC2)c(C)c1C. The van der Waals surface area contributed by atoms with E-state index in [-0.39, 0.29) is 5.16 Å². The van der Waals surface area contributed by atoms with E-state index in [9.17, 15) is 4.79 Å². The molecule has 0 heterocycles. The molecule has 0 amide bonds. The van der Waals surface area contributed by atoms with Crippen molar-refractivity contribution in [1.82, 2.24) is 0 Å². The summed E-state index contributed by atoms with van der Waals surface area (Å²) in [4.78, 5) is 13.2. The lowest BCUT2D eigenvalue weighted by atomic mass is 9.78. The minimum absolute atomic E-state index is 0.220. The van der Waals surface area contributed by atoms with E-state index in [1.165, 1.54) is 47.1 Å². The topological polar surface area (TPSA) is 17.1 Å². The Labute approximate surface area is 125 Å². The number of ketones is 1. The van der Waals surface area contributed by atoms with Crippen molar-refractivity contribution in [3.05, 3.63) is 33.4 Å². The molecule has 0 aromatic heterocycles. The van der Waals surface area contributed by atoms with Crippen molar-refractivity contribution < 1.29 is 4.79 Å². The lowest BCUT2D eigenvalue weighted by molar-refractivity contribution is 0.0916. The minimum atomic E-state index is -0.220. The molecule has 0 saturated heterocycles. The van der Waals surface area contributed by atoms with Gasteiger partial charge in [0.2, 0.25) is 0 Å². The first-order valence-corrected chi connectivity index (χ1v) is 8.28. The molecule has 1 atom stereocenters. The van der Waals surface area contributed by atoms with Gasteiger partial charge in [0.15, 0.2) is 5.78 Å². The lowest BCUT2D eigenvalue weighted by Crippen LogP contribution is -2.35. The molecule has 1 aromatic rings. The van der Waals surface area contributed by atoms with Crippen LogP contribution in [0.4, 0.5) is 0 Å². The third kappa shape index (κ3) is 2.46. The van der Waals surface area contributed by atoms with Crippen LogP contribution < -0.4 is 0 Å². The quantitative estimate of drug-likeness (QED) is 0.554. The summed E-state index contributed by atoms with van der Waals surface area (Å²) in [7, 11) is 2.89. The van der Waals surface area contributed by atoms with Crippen LogP contribution in [0, 0.1) is 34.6 Å². The first-order chi connectivity index (χ1) is 9.29. The summed E-state index contributed by atoms with van der Waals surface area (Å²) in [5.41, 5.74) is 7.24. The highest BCUT2D eigenvalue weighted by Gasteiger charge is 2.37. The molecule has 0 bridgehead atoms. The highest BCUT2D eigenvalue weighted by atomic mass is 31.0. The smallest absolute Gasteiger partial charge is 0.173 e. The summed E-state index contributed by atoms with van der Waals surface area (Å²) < 4.78 is 0.